The number of halogens is 1. The average molecular weight is 456 g/mol. The fourth-order valence-electron chi connectivity index (χ4n) is 2.43. The second-order valence-corrected chi connectivity index (χ2v) is 8.62. The highest BCUT2D eigenvalue weighted by atomic mass is 79.9. The normalized spacial score (nSPS) is 10.7. The zero-order valence-corrected chi connectivity index (χ0v) is 16.8. The molecule has 0 saturated heterocycles. The van der Waals surface area contributed by atoms with Crippen molar-refractivity contribution in [1.82, 2.24) is 0 Å². The van der Waals surface area contributed by atoms with Crippen LogP contribution in [0.3, 0.4) is 0 Å². The number of benzene rings is 3. The Morgan fingerprint density at radius 1 is 0.857 bits per heavy atom. The second kappa shape index (κ2) is 8.25. The number of sulfone groups is 1. The molecule has 2 amide bonds. The van der Waals surface area contributed by atoms with Crippen molar-refractivity contribution < 1.29 is 13.2 Å². The van der Waals surface area contributed by atoms with Crippen LogP contribution in [0.4, 0.5) is 16.2 Å². The molecule has 0 radical (unpaired) electrons. The molecule has 6 nitrogen and oxygen atoms in total. The summed E-state index contributed by atoms with van der Waals surface area (Å²) in [6, 6.07) is 20.3. The molecular weight excluding hydrogens is 442 g/mol. The van der Waals surface area contributed by atoms with Gasteiger partial charge in [-0.3, -0.25) is 0 Å². The summed E-state index contributed by atoms with van der Waals surface area (Å²) >= 11 is 3.28. The summed E-state index contributed by atoms with van der Waals surface area (Å²) in [5, 5.41) is 14.1. The van der Waals surface area contributed by atoms with E-state index in [0.29, 0.717) is 16.9 Å². The summed E-state index contributed by atoms with van der Waals surface area (Å²) in [4.78, 5) is 12.4. The Kier molecular flexibility index (Phi) is 5.78. The molecule has 0 unspecified atom stereocenters. The molecule has 140 valence electrons. The fourth-order valence-corrected chi connectivity index (χ4v) is 3.95. The molecule has 0 aliphatic carbocycles. The predicted octanol–water partition coefficient (Wildman–Crippen LogP) is 4.80. The molecule has 3 rings (SSSR count). The van der Waals surface area contributed by atoms with Crippen molar-refractivity contribution in [2.24, 2.45) is 0 Å². The van der Waals surface area contributed by atoms with E-state index in [0.717, 1.165) is 4.47 Å². The van der Waals surface area contributed by atoms with Crippen molar-refractivity contribution in [2.75, 3.05) is 10.6 Å². The van der Waals surface area contributed by atoms with Crippen molar-refractivity contribution in [3.63, 3.8) is 0 Å². The molecular formula is C20H14BrN3O3S. The molecule has 0 spiro atoms. The molecule has 0 aliphatic rings. The van der Waals surface area contributed by atoms with Crippen LogP contribution in [0, 0.1) is 11.3 Å². The van der Waals surface area contributed by atoms with Gasteiger partial charge >= 0.3 is 6.03 Å². The number of nitriles is 1. The standard InChI is InChI=1S/C20H14BrN3O3S/c21-15-4-8-18(9-5-15)28(26,27)19-10-6-16(7-11-19)23-20(25)24-17-3-1-2-14(12-17)13-22/h1-12H,(H2,23,24,25). The van der Waals surface area contributed by atoms with Gasteiger partial charge in [0.15, 0.2) is 0 Å². The third-order valence-electron chi connectivity index (χ3n) is 3.80. The quantitative estimate of drug-likeness (QED) is 0.589. The van der Waals surface area contributed by atoms with Gasteiger partial charge in [0.2, 0.25) is 9.84 Å². The number of nitrogens with zero attached hydrogens (tertiary/aromatic N) is 1. The van der Waals surface area contributed by atoms with Crippen LogP contribution < -0.4 is 10.6 Å². The van der Waals surface area contributed by atoms with Crippen molar-refractivity contribution >= 4 is 43.2 Å². The molecule has 0 aliphatic heterocycles. The van der Waals surface area contributed by atoms with Crippen LogP contribution in [-0.4, -0.2) is 14.4 Å². The van der Waals surface area contributed by atoms with E-state index in [1.54, 1.807) is 36.4 Å². The minimum Gasteiger partial charge on any atom is -0.308 e. The third kappa shape index (κ3) is 4.57. The molecule has 0 fully saturated rings. The summed E-state index contributed by atoms with van der Waals surface area (Å²) in [5.41, 5.74) is 1.34. The lowest BCUT2D eigenvalue weighted by Gasteiger charge is -2.09. The van der Waals surface area contributed by atoms with Gasteiger partial charge in [-0.05, 0) is 66.7 Å². The van der Waals surface area contributed by atoms with Crippen LogP contribution in [0.15, 0.2) is 87.1 Å². The Labute approximate surface area is 170 Å². The van der Waals surface area contributed by atoms with E-state index >= 15 is 0 Å². The zero-order valence-electron chi connectivity index (χ0n) is 14.4. The van der Waals surface area contributed by atoms with Crippen LogP contribution in [0.1, 0.15) is 5.56 Å². The number of hydrogen-bond donors (Lipinski definition) is 2. The van der Waals surface area contributed by atoms with Gasteiger partial charge in [-0.1, -0.05) is 22.0 Å². The Hall–Kier alpha value is -3.15. The molecule has 28 heavy (non-hydrogen) atoms. The number of carbonyl (C=O) groups is 1. The van der Waals surface area contributed by atoms with Crippen LogP contribution in [0.2, 0.25) is 0 Å². The van der Waals surface area contributed by atoms with E-state index in [1.807, 2.05) is 6.07 Å². The van der Waals surface area contributed by atoms with Gasteiger partial charge in [-0.15, -0.1) is 0 Å². The van der Waals surface area contributed by atoms with Gasteiger partial charge in [0.25, 0.3) is 0 Å². The lowest BCUT2D eigenvalue weighted by molar-refractivity contribution is 0.262. The molecule has 3 aromatic carbocycles. The summed E-state index contributed by atoms with van der Waals surface area (Å²) in [7, 11) is -3.64. The van der Waals surface area contributed by atoms with Gasteiger partial charge < -0.3 is 10.6 Å². The molecule has 0 heterocycles. The maximum atomic E-state index is 12.6. The number of anilines is 2. The highest BCUT2D eigenvalue weighted by molar-refractivity contribution is 9.10. The highest BCUT2D eigenvalue weighted by Gasteiger charge is 2.17. The average Bonchev–Trinajstić information content (AvgIpc) is 2.69. The first kappa shape index (κ1) is 19.6. The number of urea groups is 1. The van der Waals surface area contributed by atoms with E-state index < -0.39 is 15.9 Å². The van der Waals surface area contributed by atoms with E-state index in [2.05, 4.69) is 26.6 Å². The summed E-state index contributed by atoms with van der Waals surface area (Å²) < 4.78 is 26.1. The Bertz CT molecular complexity index is 1150. The molecule has 8 heteroatoms. The number of amides is 2. The molecule has 0 atom stereocenters. The Morgan fingerprint density at radius 3 is 2.04 bits per heavy atom. The first-order valence-electron chi connectivity index (χ1n) is 8.07. The summed E-state index contributed by atoms with van der Waals surface area (Å²) in [6.07, 6.45) is 0. The maximum absolute atomic E-state index is 12.6. The number of nitrogens with one attached hydrogen (secondary N) is 2. The van der Waals surface area contributed by atoms with Crippen LogP contribution in [0.5, 0.6) is 0 Å². The van der Waals surface area contributed by atoms with Gasteiger partial charge in [0.1, 0.15) is 0 Å². The largest absolute Gasteiger partial charge is 0.323 e. The summed E-state index contributed by atoms with van der Waals surface area (Å²) in [6.45, 7) is 0. The van der Waals surface area contributed by atoms with Crippen LogP contribution in [-0.2, 0) is 9.84 Å². The number of hydrogen-bond acceptors (Lipinski definition) is 4. The van der Waals surface area contributed by atoms with E-state index in [-0.39, 0.29) is 9.79 Å². The molecule has 0 bridgehead atoms. The van der Waals surface area contributed by atoms with Crippen molar-refractivity contribution in [3.05, 3.63) is 82.8 Å². The number of rotatable bonds is 4. The molecule has 3 aromatic rings. The molecule has 2 N–H and O–H groups in total. The van der Waals surface area contributed by atoms with Crippen molar-refractivity contribution in [2.45, 2.75) is 9.79 Å². The van der Waals surface area contributed by atoms with Crippen LogP contribution in [0.25, 0.3) is 0 Å². The van der Waals surface area contributed by atoms with Crippen molar-refractivity contribution in [3.8, 4) is 6.07 Å². The SMILES string of the molecule is N#Cc1cccc(NC(=O)Nc2ccc(S(=O)(=O)c3ccc(Br)cc3)cc2)c1. The third-order valence-corrected chi connectivity index (χ3v) is 6.11. The van der Waals surface area contributed by atoms with Gasteiger partial charge in [0, 0.05) is 15.8 Å². The van der Waals surface area contributed by atoms with E-state index in [9.17, 15) is 13.2 Å². The minimum atomic E-state index is -3.64. The Morgan fingerprint density at radius 2 is 1.43 bits per heavy atom. The summed E-state index contributed by atoms with van der Waals surface area (Å²) in [5.74, 6) is 0. The predicted molar refractivity (Wildman–Crippen MR) is 110 cm³/mol. The lowest BCUT2D eigenvalue weighted by Crippen LogP contribution is -2.19. The lowest BCUT2D eigenvalue weighted by atomic mass is 10.2. The fraction of sp³-hybridized carbons (Fsp3) is 0. The monoisotopic (exact) mass is 455 g/mol. The maximum Gasteiger partial charge on any atom is 0.323 e. The second-order valence-electron chi connectivity index (χ2n) is 5.75. The highest BCUT2D eigenvalue weighted by Crippen LogP contribution is 2.24. The van der Waals surface area contributed by atoms with Gasteiger partial charge in [0.05, 0.1) is 21.4 Å². The van der Waals surface area contributed by atoms with Gasteiger partial charge in [-0.25, -0.2) is 13.2 Å². The first-order valence-corrected chi connectivity index (χ1v) is 10.3. The zero-order chi connectivity index (χ0) is 20.1. The Balaban J connectivity index is 1.71. The topological polar surface area (TPSA) is 99.1 Å². The smallest absolute Gasteiger partial charge is 0.308 e. The van der Waals surface area contributed by atoms with Crippen LogP contribution >= 0.6 is 15.9 Å². The minimum absolute atomic E-state index is 0.127. The van der Waals surface area contributed by atoms with E-state index in [1.165, 1.54) is 36.4 Å². The number of carbonyl (C=O) groups excluding carboxylic acids is 1. The molecule has 0 aromatic heterocycles. The van der Waals surface area contributed by atoms with Gasteiger partial charge in [-0.2, -0.15) is 5.26 Å². The molecule has 0 saturated carbocycles. The van der Waals surface area contributed by atoms with Crippen molar-refractivity contribution in [1.29, 1.82) is 5.26 Å². The first-order chi connectivity index (χ1) is 13.4. The van der Waals surface area contributed by atoms with E-state index in [4.69, 9.17) is 5.26 Å².